The van der Waals surface area contributed by atoms with E-state index in [0.29, 0.717) is 19.0 Å². The predicted molar refractivity (Wildman–Crippen MR) is 86.8 cm³/mol. The molecule has 3 heterocycles. The van der Waals surface area contributed by atoms with Gasteiger partial charge >= 0.3 is 0 Å². The first-order valence-electron chi connectivity index (χ1n) is 8.06. The molecule has 1 spiro atoms. The lowest BCUT2D eigenvalue weighted by molar-refractivity contribution is 0.251. The van der Waals surface area contributed by atoms with Crippen molar-refractivity contribution >= 4 is 10.2 Å². The van der Waals surface area contributed by atoms with Crippen molar-refractivity contribution in [2.75, 3.05) is 13.1 Å². The summed E-state index contributed by atoms with van der Waals surface area (Å²) in [5.41, 5.74) is 3.10. The zero-order chi connectivity index (χ0) is 17.1. The highest BCUT2D eigenvalue weighted by molar-refractivity contribution is 7.86. The van der Waals surface area contributed by atoms with Gasteiger partial charge in [0.25, 0.3) is 10.2 Å². The van der Waals surface area contributed by atoms with Crippen LogP contribution in [0.25, 0.3) is 5.69 Å². The molecule has 2 aliphatic rings. The second kappa shape index (κ2) is 5.14. The van der Waals surface area contributed by atoms with E-state index in [-0.39, 0.29) is 5.41 Å². The summed E-state index contributed by atoms with van der Waals surface area (Å²) < 4.78 is 31.3. The van der Waals surface area contributed by atoms with E-state index >= 15 is 0 Å². The van der Waals surface area contributed by atoms with Gasteiger partial charge in [-0.05, 0) is 50.0 Å². The third kappa shape index (κ3) is 2.47. The molecule has 4 rings (SSSR count). The molecule has 0 bridgehead atoms. The van der Waals surface area contributed by atoms with Gasteiger partial charge in [0.05, 0.1) is 6.20 Å². The summed E-state index contributed by atoms with van der Waals surface area (Å²) in [6, 6.07) is 0. The number of aromatic nitrogens is 3. The molecule has 0 amide bonds. The third-order valence-electron chi connectivity index (χ3n) is 5.50. The Bertz CT molecular complexity index is 857. The molecule has 1 atom stereocenters. The maximum absolute atomic E-state index is 11.4. The average molecular weight is 351 g/mol. The summed E-state index contributed by atoms with van der Waals surface area (Å²) in [6.45, 7) is 4.79. The zero-order valence-corrected chi connectivity index (χ0v) is 14.6. The molecule has 24 heavy (non-hydrogen) atoms. The minimum atomic E-state index is -3.57. The van der Waals surface area contributed by atoms with Crippen LogP contribution in [0.5, 0.6) is 0 Å². The molecule has 1 saturated carbocycles. The molecule has 1 aliphatic heterocycles. The van der Waals surface area contributed by atoms with Crippen molar-refractivity contribution in [2.45, 2.75) is 39.0 Å². The fraction of sp³-hybridized carbons (Fsp3) is 0.600. The van der Waals surface area contributed by atoms with Crippen molar-refractivity contribution in [3.8, 4) is 5.69 Å². The molecule has 9 heteroatoms. The molecule has 2 aromatic rings. The summed E-state index contributed by atoms with van der Waals surface area (Å²) in [7, 11) is -3.57. The number of hydrogen-bond donors (Lipinski definition) is 1. The summed E-state index contributed by atoms with van der Waals surface area (Å²) in [4.78, 5) is 0. The summed E-state index contributed by atoms with van der Waals surface area (Å²) in [6.07, 6.45) is 6.73. The van der Waals surface area contributed by atoms with E-state index in [1.807, 2.05) is 30.9 Å². The zero-order valence-electron chi connectivity index (χ0n) is 13.8. The Kier molecular flexibility index (Phi) is 3.38. The van der Waals surface area contributed by atoms with E-state index in [0.717, 1.165) is 36.4 Å². The van der Waals surface area contributed by atoms with E-state index in [9.17, 15) is 8.42 Å². The summed E-state index contributed by atoms with van der Waals surface area (Å²) >= 11 is 0. The number of rotatable bonds is 3. The van der Waals surface area contributed by atoms with Gasteiger partial charge in [-0.25, -0.2) is 9.82 Å². The molecule has 1 saturated heterocycles. The standard InChI is InChI=1S/C15H21N5O3S/c1-10-14(11(2)23-18-10)20-9-12(8-17-20)13-7-15(13)3-5-19(6-4-15)24(16,21)22/h8-9,13H,3-7H2,1-2H3,(H2,16,21,22)/t13-/m0/s1. The molecule has 8 nitrogen and oxygen atoms in total. The molecule has 2 N–H and O–H groups in total. The van der Waals surface area contributed by atoms with E-state index in [1.165, 1.54) is 9.87 Å². The van der Waals surface area contributed by atoms with Crippen molar-refractivity contribution < 1.29 is 12.9 Å². The van der Waals surface area contributed by atoms with Crippen molar-refractivity contribution in [3.63, 3.8) is 0 Å². The van der Waals surface area contributed by atoms with Gasteiger partial charge in [-0.15, -0.1) is 0 Å². The molecule has 0 aromatic carbocycles. The number of aryl methyl sites for hydroxylation is 2. The Labute approximate surface area is 140 Å². The molecule has 1 aliphatic carbocycles. The van der Waals surface area contributed by atoms with Crippen LogP contribution >= 0.6 is 0 Å². The molecule has 130 valence electrons. The second-order valence-corrected chi connectivity index (χ2v) is 8.50. The smallest absolute Gasteiger partial charge is 0.276 e. The van der Waals surface area contributed by atoms with Crippen LogP contribution in [0.1, 0.15) is 42.2 Å². The summed E-state index contributed by atoms with van der Waals surface area (Å²) in [5, 5.41) is 13.7. The number of hydrogen-bond acceptors (Lipinski definition) is 5. The number of nitrogens with zero attached hydrogens (tertiary/aromatic N) is 4. The Balaban J connectivity index is 1.50. The molecule has 0 unspecified atom stereocenters. The quantitative estimate of drug-likeness (QED) is 0.895. The lowest BCUT2D eigenvalue weighted by atomic mass is 9.90. The van der Waals surface area contributed by atoms with Crippen LogP contribution in [0.2, 0.25) is 0 Å². The van der Waals surface area contributed by atoms with Crippen LogP contribution in [-0.4, -0.2) is 40.7 Å². The van der Waals surface area contributed by atoms with Gasteiger partial charge in [0.2, 0.25) is 0 Å². The Morgan fingerprint density at radius 3 is 2.62 bits per heavy atom. The van der Waals surface area contributed by atoms with Gasteiger partial charge < -0.3 is 4.52 Å². The third-order valence-corrected chi connectivity index (χ3v) is 6.58. The topological polar surface area (TPSA) is 107 Å². The first-order valence-corrected chi connectivity index (χ1v) is 9.56. The minimum Gasteiger partial charge on any atom is -0.359 e. The first-order chi connectivity index (χ1) is 11.3. The predicted octanol–water partition coefficient (Wildman–Crippen LogP) is 1.25. The lowest BCUT2D eigenvalue weighted by Crippen LogP contribution is -2.42. The molecule has 2 aromatic heterocycles. The van der Waals surface area contributed by atoms with Crippen molar-refractivity contribution in [2.24, 2.45) is 10.6 Å². The Morgan fingerprint density at radius 1 is 1.33 bits per heavy atom. The van der Waals surface area contributed by atoms with Crippen molar-refractivity contribution in [3.05, 3.63) is 29.4 Å². The minimum absolute atomic E-state index is 0.202. The lowest BCUT2D eigenvalue weighted by Gasteiger charge is -2.30. The first kappa shape index (κ1) is 15.8. The van der Waals surface area contributed by atoms with Gasteiger partial charge in [-0.3, -0.25) is 0 Å². The SMILES string of the molecule is Cc1noc(C)c1-n1cc([C@@H]2CC23CCN(S(N)(=O)=O)CC3)cn1. The molecular formula is C15H21N5O3S. The van der Waals surface area contributed by atoms with Gasteiger partial charge in [0, 0.05) is 19.3 Å². The van der Waals surface area contributed by atoms with Crippen LogP contribution in [0.3, 0.4) is 0 Å². The highest BCUT2D eigenvalue weighted by Gasteiger charge is 2.56. The van der Waals surface area contributed by atoms with Gasteiger partial charge in [-0.1, -0.05) is 5.16 Å². The van der Waals surface area contributed by atoms with E-state index < -0.39 is 10.2 Å². The summed E-state index contributed by atoms with van der Waals surface area (Å²) in [5.74, 6) is 1.18. The second-order valence-electron chi connectivity index (χ2n) is 6.95. The van der Waals surface area contributed by atoms with Crippen molar-refractivity contribution in [1.29, 1.82) is 0 Å². The normalized spacial score (nSPS) is 23.7. The average Bonchev–Trinajstić information content (AvgIpc) is 2.86. The van der Waals surface area contributed by atoms with Crippen molar-refractivity contribution in [1.82, 2.24) is 19.2 Å². The van der Waals surface area contributed by atoms with Crippen LogP contribution in [0, 0.1) is 19.3 Å². The van der Waals surface area contributed by atoms with Gasteiger partial charge in [0.15, 0.2) is 5.76 Å². The highest BCUT2D eigenvalue weighted by atomic mass is 32.2. The highest BCUT2D eigenvalue weighted by Crippen LogP contribution is 2.64. The van der Waals surface area contributed by atoms with Crippen LogP contribution in [0.15, 0.2) is 16.9 Å². The van der Waals surface area contributed by atoms with Crippen LogP contribution < -0.4 is 5.14 Å². The van der Waals surface area contributed by atoms with Crippen LogP contribution in [-0.2, 0) is 10.2 Å². The molecular weight excluding hydrogens is 330 g/mol. The Hall–Kier alpha value is -1.71. The largest absolute Gasteiger partial charge is 0.359 e. The van der Waals surface area contributed by atoms with Crippen LogP contribution in [0.4, 0.5) is 0 Å². The molecule has 2 fully saturated rings. The van der Waals surface area contributed by atoms with E-state index in [2.05, 4.69) is 10.3 Å². The number of nitrogens with two attached hydrogens (primary N) is 1. The Morgan fingerprint density at radius 2 is 2.04 bits per heavy atom. The maximum Gasteiger partial charge on any atom is 0.276 e. The molecule has 0 radical (unpaired) electrons. The fourth-order valence-electron chi connectivity index (χ4n) is 4.00. The number of piperidine rings is 1. The fourth-order valence-corrected chi connectivity index (χ4v) is 4.69. The van der Waals surface area contributed by atoms with Gasteiger partial charge in [-0.2, -0.15) is 17.8 Å². The maximum atomic E-state index is 11.4. The monoisotopic (exact) mass is 351 g/mol. The van der Waals surface area contributed by atoms with E-state index in [4.69, 9.17) is 9.66 Å². The van der Waals surface area contributed by atoms with Gasteiger partial charge in [0.1, 0.15) is 11.4 Å². The van der Waals surface area contributed by atoms with E-state index in [1.54, 1.807) is 0 Å².